The highest BCUT2D eigenvalue weighted by Crippen LogP contribution is 2.21. The predicted octanol–water partition coefficient (Wildman–Crippen LogP) is 3.84. The number of carbonyl (C=O) groups is 1. The normalized spacial score (nSPS) is 11.4. The van der Waals surface area contributed by atoms with Crippen molar-refractivity contribution in [1.29, 1.82) is 0 Å². The molecule has 3 rings (SSSR count). The molecule has 0 bridgehead atoms. The Bertz CT molecular complexity index is 983. The van der Waals surface area contributed by atoms with Gasteiger partial charge >= 0.3 is 0 Å². The molecule has 2 N–H and O–H groups in total. The molecule has 0 radical (unpaired) electrons. The standard InChI is InChI=1S/C15H13ClN4O2S/c1-8-10(14(16)20(2)19-8)4-6-13(21)17-9-3-5-11-12(7-9)22-15(23)18-11/h3-7H,1-2H3,(H,17,21)(H,18,23). The molecular weight excluding hydrogens is 336 g/mol. The summed E-state index contributed by atoms with van der Waals surface area (Å²) in [4.78, 5) is 15.2. The number of fused-ring (bicyclic) bond motifs is 1. The molecule has 2 aromatic heterocycles. The summed E-state index contributed by atoms with van der Waals surface area (Å²) in [5.74, 6) is -0.280. The quantitative estimate of drug-likeness (QED) is 0.557. The predicted molar refractivity (Wildman–Crippen MR) is 92.0 cm³/mol. The third kappa shape index (κ3) is 3.20. The molecule has 0 aliphatic carbocycles. The summed E-state index contributed by atoms with van der Waals surface area (Å²) in [5.41, 5.74) is 3.45. The van der Waals surface area contributed by atoms with Gasteiger partial charge < -0.3 is 14.7 Å². The van der Waals surface area contributed by atoms with Gasteiger partial charge in [-0.1, -0.05) is 11.6 Å². The molecule has 0 saturated carbocycles. The van der Waals surface area contributed by atoms with E-state index >= 15 is 0 Å². The smallest absolute Gasteiger partial charge is 0.266 e. The molecule has 1 aromatic carbocycles. The van der Waals surface area contributed by atoms with Crippen LogP contribution in [0.3, 0.4) is 0 Å². The number of carbonyl (C=O) groups excluding carboxylic acids is 1. The number of aromatic amines is 1. The molecule has 0 aliphatic heterocycles. The van der Waals surface area contributed by atoms with Crippen LogP contribution in [0.15, 0.2) is 28.7 Å². The van der Waals surface area contributed by atoms with Crippen molar-refractivity contribution in [2.24, 2.45) is 7.05 Å². The molecule has 0 aliphatic rings. The van der Waals surface area contributed by atoms with Crippen molar-refractivity contribution < 1.29 is 9.21 Å². The Labute approximate surface area is 141 Å². The number of oxazole rings is 1. The van der Waals surface area contributed by atoms with E-state index < -0.39 is 0 Å². The molecule has 0 atom stereocenters. The molecule has 8 heteroatoms. The summed E-state index contributed by atoms with van der Waals surface area (Å²) in [6.07, 6.45) is 3.05. The van der Waals surface area contributed by atoms with Crippen LogP contribution in [-0.4, -0.2) is 20.7 Å². The number of nitrogens with one attached hydrogen (secondary N) is 2. The number of aromatic nitrogens is 3. The van der Waals surface area contributed by atoms with E-state index in [0.717, 1.165) is 16.8 Å². The number of rotatable bonds is 3. The highest BCUT2D eigenvalue weighted by molar-refractivity contribution is 7.71. The lowest BCUT2D eigenvalue weighted by atomic mass is 10.2. The number of halogens is 1. The summed E-state index contributed by atoms with van der Waals surface area (Å²) in [6.45, 7) is 1.83. The van der Waals surface area contributed by atoms with Crippen LogP contribution in [0.5, 0.6) is 0 Å². The maximum Gasteiger partial charge on any atom is 0.266 e. The molecule has 118 valence electrons. The minimum absolute atomic E-state index is 0.280. The topological polar surface area (TPSA) is 75.8 Å². The van der Waals surface area contributed by atoms with E-state index in [1.165, 1.54) is 6.08 Å². The highest BCUT2D eigenvalue weighted by atomic mass is 35.5. The lowest BCUT2D eigenvalue weighted by molar-refractivity contribution is -0.111. The Morgan fingerprint density at radius 3 is 3.00 bits per heavy atom. The second-order valence-corrected chi connectivity index (χ2v) is 5.69. The number of benzene rings is 1. The van der Waals surface area contributed by atoms with Crippen molar-refractivity contribution in [3.05, 3.63) is 45.5 Å². The number of amides is 1. The molecule has 2 heterocycles. The largest absolute Gasteiger partial charge is 0.429 e. The Morgan fingerprint density at radius 2 is 2.30 bits per heavy atom. The summed E-state index contributed by atoms with van der Waals surface area (Å²) < 4.78 is 6.87. The summed E-state index contributed by atoms with van der Waals surface area (Å²) >= 11 is 11.0. The van der Waals surface area contributed by atoms with Crippen LogP contribution in [0.1, 0.15) is 11.3 Å². The number of aryl methyl sites for hydroxylation is 2. The Kier molecular flexibility index (Phi) is 4.06. The average molecular weight is 349 g/mol. The first kappa shape index (κ1) is 15.5. The Morgan fingerprint density at radius 1 is 1.52 bits per heavy atom. The van der Waals surface area contributed by atoms with Crippen LogP contribution in [0.4, 0.5) is 5.69 Å². The van der Waals surface area contributed by atoms with Crippen LogP contribution in [0.25, 0.3) is 17.2 Å². The number of hydrogen-bond acceptors (Lipinski definition) is 4. The van der Waals surface area contributed by atoms with Crippen molar-refractivity contribution >= 4 is 52.6 Å². The molecule has 6 nitrogen and oxygen atoms in total. The van der Waals surface area contributed by atoms with Crippen LogP contribution >= 0.6 is 23.8 Å². The van der Waals surface area contributed by atoms with Gasteiger partial charge in [0.1, 0.15) is 5.15 Å². The second kappa shape index (κ2) is 6.02. The first-order valence-electron chi connectivity index (χ1n) is 6.75. The van der Waals surface area contributed by atoms with E-state index in [2.05, 4.69) is 15.4 Å². The second-order valence-electron chi connectivity index (χ2n) is 4.96. The molecular formula is C15H13ClN4O2S. The van der Waals surface area contributed by atoms with Crippen molar-refractivity contribution in [1.82, 2.24) is 14.8 Å². The summed E-state index contributed by atoms with van der Waals surface area (Å²) in [5, 5.41) is 7.42. The molecule has 0 unspecified atom stereocenters. The van der Waals surface area contributed by atoms with E-state index in [4.69, 9.17) is 28.2 Å². The third-order valence-electron chi connectivity index (χ3n) is 3.29. The fourth-order valence-corrected chi connectivity index (χ4v) is 2.64. The van der Waals surface area contributed by atoms with Gasteiger partial charge in [-0.3, -0.25) is 9.48 Å². The van der Waals surface area contributed by atoms with Crippen molar-refractivity contribution in [3.8, 4) is 0 Å². The summed E-state index contributed by atoms with van der Waals surface area (Å²) in [7, 11) is 1.75. The maximum absolute atomic E-state index is 12.0. The van der Waals surface area contributed by atoms with Gasteiger partial charge in [-0.15, -0.1) is 0 Å². The molecule has 23 heavy (non-hydrogen) atoms. The zero-order valence-corrected chi connectivity index (χ0v) is 14.0. The third-order valence-corrected chi connectivity index (χ3v) is 3.92. The zero-order valence-electron chi connectivity index (χ0n) is 12.4. The van der Waals surface area contributed by atoms with Gasteiger partial charge in [-0.05, 0) is 37.4 Å². The molecule has 0 saturated heterocycles. The summed E-state index contributed by atoms with van der Waals surface area (Å²) in [6, 6.07) is 5.25. The lowest BCUT2D eigenvalue weighted by Crippen LogP contribution is -2.07. The Hall–Kier alpha value is -2.38. The van der Waals surface area contributed by atoms with E-state index in [1.54, 1.807) is 36.0 Å². The Balaban J connectivity index is 1.77. The van der Waals surface area contributed by atoms with E-state index in [-0.39, 0.29) is 5.91 Å². The van der Waals surface area contributed by atoms with Crippen LogP contribution in [0.2, 0.25) is 5.15 Å². The SMILES string of the molecule is Cc1nn(C)c(Cl)c1C=CC(=O)Nc1ccc2[nH]c(=S)oc2c1. The van der Waals surface area contributed by atoms with Gasteiger partial charge in [0, 0.05) is 30.4 Å². The maximum atomic E-state index is 12.0. The monoisotopic (exact) mass is 348 g/mol. The first-order chi connectivity index (χ1) is 10.9. The first-order valence-corrected chi connectivity index (χ1v) is 7.53. The van der Waals surface area contributed by atoms with E-state index in [0.29, 0.717) is 21.3 Å². The van der Waals surface area contributed by atoms with Crippen LogP contribution in [-0.2, 0) is 11.8 Å². The minimum atomic E-state index is -0.280. The van der Waals surface area contributed by atoms with Gasteiger partial charge in [0.25, 0.3) is 4.84 Å². The fraction of sp³-hybridized carbons (Fsp3) is 0.133. The van der Waals surface area contributed by atoms with Crippen molar-refractivity contribution in [3.63, 3.8) is 0 Å². The van der Waals surface area contributed by atoms with Gasteiger partial charge in [0.15, 0.2) is 5.58 Å². The van der Waals surface area contributed by atoms with Gasteiger partial charge in [-0.2, -0.15) is 5.10 Å². The van der Waals surface area contributed by atoms with E-state index in [9.17, 15) is 4.79 Å². The fourth-order valence-electron chi connectivity index (χ4n) is 2.20. The average Bonchev–Trinajstić information content (AvgIpc) is 2.96. The zero-order chi connectivity index (χ0) is 16.6. The minimum Gasteiger partial charge on any atom is -0.429 e. The van der Waals surface area contributed by atoms with Gasteiger partial charge in [0.05, 0.1) is 11.2 Å². The molecule has 0 fully saturated rings. The van der Waals surface area contributed by atoms with Crippen LogP contribution < -0.4 is 5.32 Å². The molecule has 3 aromatic rings. The molecule has 0 spiro atoms. The number of hydrogen-bond donors (Lipinski definition) is 2. The highest BCUT2D eigenvalue weighted by Gasteiger charge is 2.09. The van der Waals surface area contributed by atoms with Gasteiger partial charge in [0.2, 0.25) is 5.91 Å². The number of nitrogens with zero attached hydrogens (tertiary/aromatic N) is 2. The lowest BCUT2D eigenvalue weighted by Gasteiger charge is -2.01. The van der Waals surface area contributed by atoms with E-state index in [1.807, 2.05) is 6.92 Å². The van der Waals surface area contributed by atoms with Crippen LogP contribution in [0, 0.1) is 11.8 Å². The van der Waals surface area contributed by atoms with Crippen molar-refractivity contribution in [2.75, 3.05) is 5.32 Å². The molecule has 1 amide bonds. The number of H-pyrrole nitrogens is 1. The number of anilines is 1. The van der Waals surface area contributed by atoms with Gasteiger partial charge in [-0.25, -0.2) is 0 Å². The van der Waals surface area contributed by atoms with Crippen molar-refractivity contribution in [2.45, 2.75) is 6.92 Å².